The van der Waals surface area contributed by atoms with Gasteiger partial charge in [-0.3, -0.25) is 14.6 Å². The van der Waals surface area contributed by atoms with Crippen molar-refractivity contribution < 1.29 is 22.8 Å². The van der Waals surface area contributed by atoms with Crippen LogP contribution < -0.4 is 5.32 Å². The quantitative estimate of drug-likeness (QED) is 0.780. The molecule has 27 heavy (non-hydrogen) atoms. The number of hydrogen-bond acceptors (Lipinski definition) is 4. The average Bonchev–Trinajstić information content (AvgIpc) is 2.62. The number of ketones is 2. The van der Waals surface area contributed by atoms with Gasteiger partial charge in [0.2, 0.25) is 11.6 Å². The number of fused-ring (bicyclic) bond motifs is 1. The Morgan fingerprint density at radius 1 is 1.11 bits per heavy atom. The number of anilines is 1. The molecule has 2 aromatic rings. The minimum atomic E-state index is -4.65. The molecule has 1 aromatic heterocycles. The Kier molecular flexibility index (Phi) is 4.82. The van der Waals surface area contributed by atoms with Crippen molar-refractivity contribution >= 4 is 28.9 Å². The Balaban J connectivity index is 2.09. The summed E-state index contributed by atoms with van der Waals surface area (Å²) in [6.45, 7) is 3.55. The lowest BCUT2D eigenvalue weighted by Crippen LogP contribution is -2.26. The van der Waals surface area contributed by atoms with Crippen LogP contribution >= 0.6 is 11.6 Å². The Morgan fingerprint density at radius 3 is 2.44 bits per heavy atom. The molecule has 0 atom stereocenters. The number of benzene rings is 1. The molecule has 1 heterocycles. The van der Waals surface area contributed by atoms with Crippen LogP contribution in [0, 0.1) is 0 Å². The molecule has 4 nitrogen and oxygen atoms in total. The summed E-state index contributed by atoms with van der Waals surface area (Å²) in [5, 5.41) is 1.93. The van der Waals surface area contributed by atoms with Gasteiger partial charge in [0.15, 0.2) is 0 Å². The van der Waals surface area contributed by atoms with Crippen LogP contribution in [0.2, 0.25) is 0 Å². The minimum absolute atomic E-state index is 0.0123. The van der Waals surface area contributed by atoms with Gasteiger partial charge in [-0.1, -0.05) is 31.5 Å². The zero-order valence-electron chi connectivity index (χ0n) is 14.3. The van der Waals surface area contributed by atoms with Crippen molar-refractivity contribution in [3.63, 3.8) is 0 Å². The third-order valence-electron chi connectivity index (χ3n) is 4.19. The Hall–Kier alpha value is -2.67. The number of pyridine rings is 1. The van der Waals surface area contributed by atoms with E-state index >= 15 is 0 Å². The Bertz CT molecular complexity index is 981. The van der Waals surface area contributed by atoms with Crippen molar-refractivity contribution in [2.75, 3.05) is 5.32 Å². The molecule has 8 heteroatoms. The number of Topliss-reactive ketones (excluding diaryl/α,β-unsaturated/α-hetero) is 2. The minimum Gasteiger partial charge on any atom is -0.350 e. The number of nitrogens with one attached hydrogen (secondary N) is 1. The van der Waals surface area contributed by atoms with E-state index in [0.717, 1.165) is 6.07 Å². The summed E-state index contributed by atoms with van der Waals surface area (Å²) in [5.41, 5.74) is -1.33. The lowest BCUT2D eigenvalue weighted by Gasteiger charge is -2.21. The number of rotatable bonds is 3. The number of halogens is 4. The highest BCUT2D eigenvalue weighted by atomic mass is 35.5. The SMILES string of the molecule is CC(C)c1ccc(NC2=C(Cl)C(=O)c3ncccc3C2=O)c(C(F)(F)F)c1. The van der Waals surface area contributed by atoms with Gasteiger partial charge < -0.3 is 5.32 Å². The zero-order valence-corrected chi connectivity index (χ0v) is 15.1. The predicted molar refractivity (Wildman–Crippen MR) is 94.9 cm³/mol. The molecular formula is C19H14ClF3N2O2. The van der Waals surface area contributed by atoms with Crippen LogP contribution in [0.25, 0.3) is 0 Å². The molecule has 0 amide bonds. The molecule has 1 N–H and O–H groups in total. The van der Waals surface area contributed by atoms with Gasteiger partial charge in [0.05, 0.1) is 16.8 Å². The third kappa shape index (κ3) is 3.47. The van der Waals surface area contributed by atoms with Gasteiger partial charge in [-0.15, -0.1) is 0 Å². The molecule has 0 radical (unpaired) electrons. The maximum Gasteiger partial charge on any atom is 0.418 e. The monoisotopic (exact) mass is 394 g/mol. The molecule has 140 valence electrons. The van der Waals surface area contributed by atoms with Gasteiger partial charge in [-0.2, -0.15) is 13.2 Å². The molecule has 0 saturated heterocycles. The van der Waals surface area contributed by atoms with Crippen LogP contribution in [0.15, 0.2) is 47.3 Å². The highest BCUT2D eigenvalue weighted by molar-refractivity contribution is 6.50. The Labute approximate surface area is 158 Å². The lowest BCUT2D eigenvalue weighted by atomic mass is 9.95. The maximum atomic E-state index is 13.5. The highest BCUT2D eigenvalue weighted by Crippen LogP contribution is 2.38. The topological polar surface area (TPSA) is 59.1 Å². The first-order valence-corrected chi connectivity index (χ1v) is 8.41. The first-order chi connectivity index (χ1) is 12.6. The van der Waals surface area contributed by atoms with E-state index in [1.807, 2.05) is 0 Å². The van der Waals surface area contributed by atoms with Crippen molar-refractivity contribution in [2.45, 2.75) is 25.9 Å². The summed E-state index contributed by atoms with van der Waals surface area (Å²) < 4.78 is 40.5. The molecule has 0 bridgehead atoms. The van der Waals surface area contributed by atoms with Crippen LogP contribution in [0.3, 0.4) is 0 Å². The van der Waals surface area contributed by atoms with E-state index in [2.05, 4.69) is 10.3 Å². The lowest BCUT2D eigenvalue weighted by molar-refractivity contribution is -0.137. The number of carbonyl (C=O) groups is 2. The summed E-state index contributed by atoms with van der Waals surface area (Å²) in [7, 11) is 0. The second kappa shape index (κ2) is 6.81. The van der Waals surface area contributed by atoms with Crippen molar-refractivity contribution in [1.82, 2.24) is 4.98 Å². The zero-order chi connectivity index (χ0) is 19.9. The van der Waals surface area contributed by atoms with E-state index in [1.165, 1.54) is 30.5 Å². The second-order valence-corrected chi connectivity index (χ2v) is 6.71. The fourth-order valence-corrected chi connectivity index (χ4v) is 2.95. The van der Waals surface area contributed by atoms with Gasteiger partial charge in [-0.25, -0.2) is 0 Å². The molecule has 1 aliphatic rings. The van der Waals surface area contributed by atoms with Crippen LogP contribution in [0.4, 0.5) is 18.9 Å². The molecule has 1 aliphatic carbocycles. The van der Waals surface area contributed by atoms with Gasteiger partial charge in [-0.05, 0) is 35.7 Å². The van der Waals surface area contributed by atoms with Crippen LogP contribution in [-0.2, 0) is 6.18 Å². The molecule has 0 fully saturated rings. The summed E-state index contributed by atoms with van der Waals surface area (Å²) in [6.07, 6.45) is -3.32. The first-order valence-electron chi connectivity index (χ1n) is 8.03. The van der Waals surface area contributed by atoms with E-state index < -0.39 is 34.0 Å². The van der Waals surface area contributed by atoms with E-state index in [1.54, 1.807) is 13.8 Å². The molecule has 0 spiro atoms. The number of alkyl halides is 3. The van der Waals surface area contributed by atoms with Crippen LogP contribution in [-0.4, -0.2) is 16.6 Å². The number of hydrogen-bond donors (Lipinski definition) is 1. The van der Waals surface area contributed by atoms with Gasteiger partial charge in [0, 0.05) is 6.20 Å². The van der Waals surface area contributed by atoms with E-state index in [-0.39, 0.29) is 22.9 Å². The summed E-state index contributed by atoms with van der Waals surface area (Å²) >= 11 is 5.98. The van der Waals surface area contributed by atoms with Gasteiger partial charge in [0.25, 0.3) is 0 Å². The summed E-state index contributed by atoms with van der Waals surface area (Å²) in [5.74, 6) is -1.52. The fourth-order valence-electron chi connectivity index (χ4n) is 2.73. The number of allylic oxidation sites excluding steroid dienone is 2. The smallest absolute Gasteiger partial charge is 0.350 e. The number of nitrogens with zero attached hydrogens (tertiary/aromatic N) is 1. The van der Waals surface area contributed by atoms with Gasteiger partial charge in [0.1, 0.15) is 16.4 Å². The normalized spacial score (nSPS) is 14.6. The average molecular weight is 395 g/mol. The van der Waals surface area contributed by atoms with E-state index in [4.69, 9.17) is 11.6 Å². The third-order valence-corrected chi connectivity index (χ3v) is 4.55. The molecular weight excluding hydrogens is 381 g/mol. The number of aromatic nitrogens is 1. The van der Waals surface area contributed by atoms with Crippen molar-refractivity contribution in [2.24, 2.45) is 0 Å². The van der Waals surface area contributed by atoms with Gasteiger partial charge >= 0.3 is 6.18 Å². The summed E-state index contributed by atoms with van der Waals surface area (Å²) in [6, 6.07) is 6.61. The fraction of sp³-hybridized carbons (Fsp3) is 0.211. The molecule has 0 unspecified atom stereocenters. The molecule has 1 aromatic carbocycles. The Morgan fingerprint density at radius 2 is 1.81 bits per heavy atom. The van der Waals surface area contributed by atoms with Crippen LogP contribution in [0.1, 0.15) is 51.7 Å². The standard InChI is InChI=1S/C19H14ClF3N2O2/c1-9(2)10-5-6-13(12(8-10)19(21,22)23)25-16-14(20)18(27)15-11(17(16)26)4-3-7-24-15/h3-9,25H,1-2H3. The van der Waals surface area contributed by atoms with Crippen molar-refractivity contribution in [3.8, 4) is 0 Å². The first kappa shape index (κ1) is 19.1. The largest absolute Gasteiger partial charge is 0.418 e. The second-order valence-electron chi connectivity index (χ2n) is 6.33. The van der Waals surface area contributed by atoms with E-state index in [9.17, 15) is 22.8 Å². The summed E-state index contributed by atoms with van der Waals surface area (Å²) in [4.78, 5) is 28.8. The highest BCUT2D eigenvalue weighted by Gasteiger charge is 2.37. The number of carbonyl (C=O) groups excluding carboxylic acids is 2. The molecule has 3 rings (SSSR count). The predicted octanol–water partition coefficient (Wildman–Crippen LogP) is 5.17. The van der Waals surface area contributed by atoms with Crippen molar-refractivity contribution in [1.29, 1.82) is 0 Å². The maximum absolute atomic E-state index is 13.5. The molecule has 0 aliphatic heterocycles. The van der Waals surface area contributed by atoms with Crippen molar-refractivity contribution in [3.05, 3.63) is 69.6 Å². The molecule has 0 saturated carbocycles. The van der Waals surface area contributed by atoms with E-state index in [0.29, 0.717) is 5.56 Å². The van der Waals surface area contributed by atoms with Crippen LogP contribution in [0.5, 0.6) is 0 Å².